The number of carbonyl (C=O) groups excluding carboxylic acids is 1. The van der Waals surface area contributed by atoms with E-state index in [0.29, 0.717) is 16.8 Å². The maximum atomic E-state index is 12.6. The highest BCUT2D eigenvalue weighted by Gasteiger charge is 2.19. The number of aromatic nitrogens is 1. The van der Waals surface area contributed by atoms with E-state index in [-0.39, 0.29) is 11.8 Å². The molecule has 23 heavy (non-hydrogen) atoms. The second-order valence-electron chi connectivity index (χ2n) is 5.47. The molecule has 2 N–H and O–H groups in total. The second-order valence-corrected chi connectivity index (χ2v) is 5.47. The molecule has 1 amide bonds. The molecule has 0 fully saturated rings. The minimum absolute atomic E-state index is 0.0526. The first kappa shape index (κ1) is 15.1. The van der Waals surface area contributed by atoms with Crippen LogP contribution in [-0.4, -0.2) is 10.9 Å². The largest absolute Gasteiger partial charge is 0.417 e. The average molecular weight is 310 g/mol. The minimum Gasteiger partial charge on any atom is -0.408 e. The summed E-state index contributed by atoms with van der Waals surface area (Å²) in [6, 6.07) is 14.8. The Bertz CT molecular complexity index is 865. The first-order chi connectivity index (χ1) is 11.2. The van der Waals surface area contributed by atoms with E-state index in [1.54, 1.807) is 18.2 Å². The van der Waals surface area contributed by atoms with E-state index in [1.165, 1.54) is 0 Å². The lowest BCUT2D eigenvalue weighted by Gasteiger charge is -2.16. The predicted molar refractivity (Wildman–Crippen MR) is 89.6 cm³/mol. The molecule has 1 atom stereocenters. The summed E-state index contributed by atoms with van der Waals surface area (Å²) in [4.78, 5) is 26.4. The van der Waals surface area contributed by atoms with Crippen LogP contribution in [-0.2, 0) is 4.79 Å². The van der Waals surface area contributed by atoms with Crippen LogP contribution in [0.25, 0.3) is 11.1 Å². The number of hydrogen-bond donors (Lipinski definition) is 2. The summed E-state index contributed by atoms with van der Waals surface area (Å²) >= 11 is 0. The standard InChI is InChI=1S/C18H18N2O3/c1-2-6-14(12-7-4-3-5-8-12)17(21)19-13-9-10-16-15(11-13)20-18(22)23-16/h3-5,7-11,14H,2,6H2,1H3,(H,19,21)(H,20,22). The van der Waals surface area contributed by atoms with Crippen molar-refractivity contribution in [1.82, 2.24) is 4.98 Å². The van der Waals surface area contributed by atoms with Crippen molar-refractivity contribution in [2.24, 2.45) is 0 Å². The third-order valence-corrected chi connectivity index (χ3v) is 3.78. The number of H-pyrrole nitrogens is 1. The van der Waals surface area contributed by atoms with E-state index in [4.69, 9.17) is 4.42 Å². The molecule has 1 aromatic heterocycles. The van der Waals surface area contributed by atoms with E-state index in [1.807, 2.05) is 30.3 Å². The van der Waals surface area contributed by atoms with Gasteiger partial charge < -0.3 is 9.73 Å². The summed E-state index contributed by atoms with van der Waals surface area (Å²) in [5.41, 5.74) is 2.68. The molecule has 2 aromatic carbocycles. The van der Waals surface area contributed by atoms with Crippen LogP contribution < -0.4 is 11.1 Å². The Balaban J connectivity index is 1.83. The number of nitrogens with one attached hydrogen (secondary N) is 2. The summed E-state index contributed by atoms with van der Waals surface area (Å²) in [5, 5.41) is 2.92. The van der Waals surface area contributed by atoms with Crippen LogP contribution in [0.15, 0.2) is 57.7 Å². The van der Waals surface area contributed by atoms with Crippen molar-refractivity contribution in [2.75, 3.05) is 5.32 Å². The lowest BCUT2D eigenvalue weighted by molar-refractivity contribution is -0.117. The normalized spacial score (nSPS) is 12.2. The molecule has 0 aliphatic heterocycles. The molecule has 5 nitrogen and oxygen atoms in total. The van der Waals surface area contributed by atoms with E-state index < -0.39 is 5.76 Å². The van der Waals surface area contributed by atoms with Gasteiger partial charge in [-0.2, -0.15) is 0 Å². The molecule has 3 aromatic rings. The highest BCUT2D eigenvalue weighted by Crippen LogP contribution is 2.24. The van der Waals surface area contributed by atoms with E-state index in [9.17, 15) is 9.59 Å². The molecule has 118 valence electrons. The third-order valence-electron chi connectivity index (χ3n) is 3.78. The Hall–Kier alpha value is -2.82. The number of fused-ring (bicyclic) bond motifs is 1. The van der Waals surface area contributed by atoms with Gasteiger partial charge in [0.2, 0.25) is 5.91 Å². The summed E-state index contributed by atoms with van der Waals surface area (Å²) in [6.45, 7) is 2.06. The van der Waals surface area contributed by atoms with Crippen LogP contribution in [0.5, 0.6) is 0 Å². The quantitative estimate of drug-likeness (QED) is 0.755. The molecule has 0 aliphatic rings. The molecule has 1 unspecified atom stereocenters. The van der Waals surface area contributed by atoms with Crippen molar-refractivity contribution in [1.29, 1.82) is 0 Å². The van der Waals surface area contributed by atoms with E-state index >= 15 is 0 Å². The number of aromatic amines is 1. The van der Waals surface area contributed by atoms with Crippen LogP contribution in [0.2, 0.25) is 0 Å². The molecule has 5 heteroatoms. The maximum absolute atomic E-state index is 12.6. The number of carbonyl (C=O) groups is 1. The molecule has 0 aliphatic carbocycles. The first-order valence-electron chi connectivity index (χ1n) is 7.66. The Labute approximate surface area is 133 Å². The fourth-order valence-corrected chi connectivity index (χ4v) is 2.68. The summed E-state index contributed by atoms with van der Waals surface area (Å²) < 4.78 is 4.96. The predicted octanol–water partition coefficient (Wildman–Crippen LogP) is 3.64. The van der Waals surface area contributed by atoms with Crippen molar-refractivity contribution in [3.8, 4) is 0 Å². The second kappa shape index (κ2) is 6.52. The van der Waals surface area contributed by atoms with Crippen LogP contribution in [0.4, 0.5) is 5.69 Å². The lowest BCUT2D eigenvalue weighted by atomic mass is 9.93. The van der Waals surface area contributed by atoms with Crippen LogP contribution in [0, 0.1) is 0 Å². The van der Waals surface area contributed by atoms with Gasteiger partial charge in [-0.15, -0.1) is 0 Å². The fourth-order valence-electron chi connectivity index (χ4n) is 2.68. The van der Waals surface area contributed by atoms with Gasteiger partial charge in [-0.25, -0.2) is 4.79 Å². The Morgan fingerprint density at radius 1 is 1.22 bits per heavy atom. The Kier molecular flexibility index (Phi) is 4.28. The lowest BCUT2D eigenvalue weighted by Crippen LogP contribution is -2.21. The Morgan fingerprint density at radius 2 is 2.00 bits per heavy atom. The van der Waals surface area contributed by atoms with Gasteiger partial charge in [0.25, 0.3) is 0 Å². The van der Waals surface area contributed by atoms with Gasteiger partial charge in [-0.1, -0.05) is 43.7 Å². The molecule has 3 rings (SSSR count). The molecular formula is C18H18N2O3. The molecular weight excluding hydrogens is 292 g/mol. The molecule has 1 heterocycles. The number of rotatable bonds is 5. The zero-order chi connectivity index (χ0) is 16.2. The molecule has 0 saturated carbocycles. The van der Waals surface area contributed by atoms with Gasteiger partial charge in [-0.3, -0.25) is 9.78 Å². The minimum atomic E-state index is -0.503. The summed E-state index contributed by atoms with van der Waals surface area (Å²) in [5.74, 6) is -0.750. The monoisotopic (exact) mass is 310 g/mol. The van der Waals surface area contributed by atoms with Gasteiger partial charge in [0.1, 0.15) is 0 Å². The van der Waals surface area contributed by atoms with Gasteiger partial charge in [-0.05, 0) is 30.2 Å². The number of anilines is 1. The topological polar surface area (TPSA) is 75.1 Å². The van der Waals surface area contributed by atoms with Gasteiger partial charge in [0.05, 0.1) is 11.4 Å². The fraction of sp³-hybridized carbons (Fsp3) is 0.222. The van der Waals surface area contributed by atoms with Gasteiger partial charge in [0, 0.05) is 5.69 Å². The van der Waals surface area contributed by atoms with Gasteiger partial charge in [0.15, 0.2) is 5.58 Å². The SMILES string of the molecule is CCCC(C(=O)Nc1ccc2oc(=O)[nH]c2c1)c1ccccc1. The maximum Gasteiger partial charge on any atom is 0.417 e. The Morgan fingerprint density at radius 3 is 2.74 bits per heavy atom. The zero-order valence-corrected chi connectivity index (χ0v) is 12.8. The summed E-state index contributed by atoms with van der Waals surface area (Å²) in [6.07, 6.45) is 1.70. The number of hydrogen-bond acceptors (Lipinski definition) is 3. The van der Waals surface area contributed by atoms with Crippen molar-refractivity contribution < 1.29 is 9.21 Å². The van der Waals surface area contributed by atoms with E-state index in [0.717, 1.165) is 18.4 Å². The highest BCUT2D eigenvalue weighted by molar-refractivity contribution is 5.97. The molecule has 0 radical (unpaired) electrons. The average Bonchev–Trinajstić information content (AvgIpc) is 2.92. The highest BCUT2D eigenvalue weighted by atomic mass is 16.4. The number of benzene rings is 2. The van der Waals surface area contributed by atoms with Crippen LogP contribution in [0.1, 0.15) is 31.2 Å². The molecule has 0 spiro atoms. The van der Waals surface area contributed by atoms with Crippen LogP contribution >= 0.6 is 0 Å². The third kappa shape index (κ3) is 3.34. The number of oxazole rings is 1. The van der Waals surface area contributed by atoms with Crippen LogP contribution in [0.3, 0.4) is 0 Å². The van der Waals surface area contributed by atoms with Crippen molar-refractivity contribution in [3.63, 3.8) is 0 Å². The molecule has 0 saturated heterocycles. The smallest absolute Gasteiger partial charge is 0.408 e. The van der Waals surface area contributed by atoms with Crippen molar-refractivity contribution >= 4 is 22.7 Å². The van der Waals surface area contributed by atoms with Gasteiger partial charge >= 0.3 is 5.76 Å². The first-order valence-corrected chi connectivity index (χ1v) is 7.66. The summed E-state index contributed by atoms with van der Waals surface area (Å²) in [7, 11) is 0. The van der Waals surface area contributed by atoms with Crippen molar-refractivity contribution in [3.05, 3.63) is 64.6 Å². The number of amides is 1. The van der Waals surface area contributed by atoms with Crippen molar-refractivity contribution in [2.45, 2.75) is 25.7 Å². The molecule has 0 bridgehead atoms. The van der Waals surface area contributed by atoms with E-state index in [2.05, 4.69) is 17.2 Å². The zero-order valence-electron chi connectivity index (χ0n) is 12.8.